The minimum atomic E-state index is -4.16. The first-order chi connectivity index (χ1) is 18.8. The summed E-state index contributed by atoms with van der Waals surface area (Å²) in [6, 6.07) is 18.2. The van der Waals surface area contributed by atoms with E-state index in [2.05, 4.69) is 5.32 Å². The Balaban J connectivity index is 2.11. The number of nitrogens with one attached hydrogen (secondary N) is 1. The third kappa shape index (κ3) is 7.64. The number of carbonyl (C=O) groups excluding carboxylic acids is 2. The predicted molar refractivity (Wildman–Crippen MR) is 161 cm³/mol. The number of hydrogen-bond acceptors (Lipinski definition) is 4. The molecule has 0 heterocycles. The predicted octanol–water partition coefficient (Wildman–Crippen LogP) is 5.79. The van der Waals surface area contributed by atoms with Crippen molar-refractivity contribution in [2.75, 3.05) is 10.8 Å². The maximum absolute atomic E-state index is 14.1. The van der Waals surface area contributed by atoms with E-state index in [1.807, 2.05) is 58.9 Å². The highest BCUT2D eigenvalue weighted by Gasteiger charge is 2.34. The molecule has 0 aromatic heterocycles. The van der Waals surface area contributed by atoms with E-state index in [4.69, 9.17) is 11.6 Å². The van der Waals surface area contributed by atoms with Gasteiger partial charge < -0.3 is 10.2 Å². The van der Waals surface area contributed by atoms with Gasteiger partial charge >= 0.3 is 0 Å². The zero-order valence-electron chi connectivity index (χ0n) is 23.9. The van der Waals surface area contributed by atoms with Crippen LogP contribution < -0.4 is 9.62 Å². The SMILES string of the molecule is CC[C@@H](C(=O)NC(C)C)N(Cc1cccc(C)c1)C(=O)CN(c1cc(Cl)ccc1C)S(=O)(=O)c1ccc(C)cc1. The van der Waals surface area contributed by atoms with Crippen LogP contribution in [0.15, 0.2) is 71.6 Å². The second-order valence-electron chi connectivity index (χ2n) is 10.4. The molecule has 0 aliphatic carbocycles. The zero-order chi connectivity index (χ0) is 29.6. The van der Waals surface area contributed by atoms with Gasteiger partial charge in [-0.2, -0.15) is 0 Å². The molecule has 1 N–H and O–H groups in total. The van der Waals surface area contributed by atoms with Crippen molar-refractivity contribution >= 4 is 39.1 Å². The first-order valence-electron chi connectivity index (χ1n) is 13.3. The summed E-state index contributed by atoms with van der Waals surface area (Å²) in [6.07, 6.45) is 0.358. The fourth-order valence-electron chi connectivity index (χ4n) is 4.51. The van der Waals surface area contributed by atoms with Gasteiger partial charge in [0.15, 0.2) is 0 Å². The van der Waals surface area contributed by atoms with E-state index in [1.54, 1.807) is 37.3 Å². The van der Waals surface area contributed by atoms with Crippen LogP contribution in [-0.2, 0) is 26.2 Å². The van der Waals surface area contributed by atoms with E-state index in [0.29, 0.717) is 22.7 Å². The normalized spacial score (nSPS) is 12.2. The fourth-order valence-corrected chi connectivity index (χ4v) is 6.15. The van der Waals surface area contributed by atoms with Crippen molar-refractivity contribution in [1.29, 1.82) is 0 Å². The Hall–Kier alpha value is -3.36. The first-order valence-corrected chi connectivity index (χ1v) is 15.2. The molecule has 1 atom stereocenters. The summed E-state index contributed by atoms with van der Waals surface area (Å²) in [5.74, 6) is -0.785. The van der Waals surface area contributed by atoms with Crippen LogP contribution >= 0.6 is 11.6 Å². The largest absolute Gasteiger partial charge is 0.352 e. The van der Waals surface area contributed by atoms with Crippen molar-refractivity contribution in [2.24, 2.45) is 0 Å². The lowest BCUT2D eigenvalue weighted by atomic mass is 10.1. The number of rotatable bonds is 11. The number of sulfonamides is 1. The average Bonchev–Trinajstić information content (AvgIpc) is 2.88. The number of amides is 2. The number of carbonyl (C=O) groups is 2. The van der Waals surface area contributed by atoms with Crippen LogP contribution in [0.5, 0.6) is 0 Å². The van der Waals surface area contributed by atoms with Gasteiger partial charge in [-0.1, -0.05) is 72.1 Å². The molecule has 0 radical (unpaired) electrons. The highest BCUT2D eigenvalue weighted by atomic mass is 35.5. The van der Waals surface area contributed by atoms with Gasteiger partial charge in [0.1, 0.15) is 12.6 Å². The molecule has 214 valence electrons. The van der Waals surface area contributed by atoms with Crippen molar-refractivity contribution in [3.63, 3.8) is 0 Å². The third-order valence-electron chi connectivity index (χ3n) is 6.58. The van der Waals surface area contributed by atoms with Gasteiger partial charge in [0.2, 0.25) is 11.8 Å². The van der Waals surface area contributed by atoms with Crippen LogP contribution in [0, 0.1) is 20.8 Å². The van der Waals surface area contributed by atoms with Crippen molar-refractivity contribution in [1.82, 2.24) is 10.2 Å². The molecule has 0 saturated heterocycles. The summed E-state index contributed by atoms with van der Waals surface area (Å²) in [6.45, 7) is 10.8. The molecular formula is C31H38ClN3O4S. The van der Waals surface area contributed by atoms with Crippen LogP contribution in [0.4, 0.5) is 5.69 Å². The highest BCUT2D eigenvalue weighted by molar-refractivity contribution is 7.92. The Morgan fingerprint density at radius 2 is 1.60 bits per heavy atom. The van der Waals surface area contributed by atoms with Crippen molar-refractivity contribution in [3.8, 4) is 0 Å². The molecule has 2 amide bonds. The summed E-state index contributed by atoms with van der Waals surface area (Å²) < 4.78 is 29.1. The number of hydrogen-bond donors (Lipinski definition) is 1. The summed E-state index contributed by atoms with van der Waals surface area (Å²) >= 11 is 6.29. The van der Waals surface area contributed by atoms with E-state index in [-0.39, 0.29) is 23.4 Å². The molecule has 0 aliphatic rings. The number of benzene rings is 3. The standard InChI is InChI=1S/C31H38ClN3O4S/c1-7-28(31(37)33-21(2)3)34(19-25-10-8-9-23(5)17-25)30(36)20-35(29-18-26(32)14-13-24(29)6)40(38,39)27-15-11-22(4)12-16-27/h8-18,21,28H,7,19-20H2,1-6H3,(H,33,37)/t28-/m0/s1. The molecular weight excluding hydrogens is 546 g/mol. The number of nitrogens with zero attached hydrogens (tertiary/aromatic N) is 2. The van der Waals surface area contributed by atoms with E-state index < -0.39 is 28.5 Å². The van der Waals surface area contributed by atoms with Gasteiger partial charge in [-0.05, 0) is 76.4 Å². The van der Waals surface area contributed by atoms with Gasteiger partial charge in [-0.25, -0.2) is 8.42 Å². The van der Waals surface area contributed by atoms with Gasteiger partial charge in [-0.3, -0.25) is 13.9 Å². The van der Waals surface area contributed by atoms with Crippen LogP contribution in [0.25, 0.3) is 0 Å². The van der Waals surface area contributed by atoms with E-state index in [1.165, 1.54) is 17.0 Å². The van der Waals surface area contributed by atoms with Crippen LogP contribution in [0.1, 0.15) is 49.4 Å². The van der Waals surface area contributed by atoms with Crippen LogP contribution in [-0.4, -0.2) is 43.8 Å². The Morgan fingerprint density at radius 3 is 2.20 bits per heavy atom. The minimum Gasteiger partial charge on any atom is -0.352 e. The molecule has 0 fully saturated rings. The minimum absolute atomic E-state index is 0.0557. The van der Waals surface area contributed by atoms with Gasteiger partial charge in [-0.15, -0.1) is 0 Å². The molecule has 40 heavy (non-hydrogen) atoms. The summed E-state index contributed by atoms with van der Waals surface area (Å²) in [7, 11) is -4.16. The van der Waals surface area contributed by atoms with Gasteiger partial charge in [0, 0.05) is 17.6 Å². The Kier molecular flexibility index (Phi) is 10.4. The Bertz CT molecular complexity index is 1460. The topological polar surface area (TPSA) is 86.8 Å². The van der Waals surface area contributed by atoms with Crippen LogP contribution in [0.2, 0.25) is 5.02 Å². The monoisotopic (exact) mass is 583 g/mol. The highest BCUT2D eigenvalue weighted by Crippen LogP contribution is 2.30. The molecule has 0 unspecified atom stereocenters. The average molecular weight is 584 g/mol. The maximum atomic E-state index is 14.1. The summed E-state index contributed by atoms with van der Waals surface area (Å²) in [4.78, 5) is 28.9. The van der Waals surface area contributed by atoms with E-state index in [9.17, 15) is 18.0 Å². The molecule has 7 nitrogen and oxygen atoms in total. The van der Waals surface area contributed by atoms with E-state index >= 15 is 0 Å². The number of aryl methyl sites for hydroxylation is 3. The molecule has 3 rings (SSSR count). The summed E-state index contributed by atoms with van der Waals surface area (Å²) in [5.41, 5.74) is 3.71. The van der Waals surface area contributed by atoms with Gasteiger partial charge in [0.25, 0.3) is 10.0 Å². The molecule has 0 saturated carbocycles. The number of halogens is 1. The molecule has 0 bridgehead atoms. The lowest BCUT2D eigenvalue weighted by molar-refractivity contribution is -0.140. The first kappa shape index (κ1) is 31.2. The fraction of sp³-hybridized carbons (Fsp3) is 0.355. The summed E-state index contributed by atoms with van der Waals surface area (Å²) in [5, 5.41) is 3.25. The maximum Gasteiger partial charge on any atom is 0.264 e. The van der Waals surface area contributed by atoms with Crippen molar-refractivity contribution in [3.05, 3.63) is 94.0 Å². The Morgan fingerprint density at radius 1 is 0.925 bits per heavy atom. The van der Waals surface area contributed by atoms with E-state index in [0.717, 1.165) is 21.0 Å². The quantitative estimate of drug-likeness (QED) is 0.309. The molecule has 3 aromatic carbocycles. The second-order valence-corrected chi connectivity index (χ2v) is 12.7. The molecule has 0 spiro atoms. The van der Waals surface area contributed by atoms with Gasteiger partial charge in [0.05, 0.1) is 10.6 Å². The molecule has 3 aromatic rings. The zero-order valence-corrected chi connectivity index (χ0v) is 25.5. The van der Waals surface area contributed by atoms with Crippen molar-refractivity contribution in [2.45, 2.75) is 71.5 Å². The second kappa shape index (κ2) is 13.3. The molecule has 0 aliphatic heterocycles. The lowest BCUT2D eigenvalue weighted by Gasteiger charge is -2.34. The van der Waals surface area contributed by atoms with Crippen LogP contribution in [0.3, 0.4) is 0 Å². The third-order valence-corrected chi connectivity index (χ3v) is 8.59. The number of anilines is 1. The Labute approximate surface area is 243 Å². The van der Waals surface area contributed by atoms with Crippen molar-refractivity contribution < 1.29 is 18.0 Å². The smallest absolute Gasteiger partial charge is 0.264 e. The molecule has 9 heteroatoms. The lowest BCUT2D eigenvalue weighted by Crippen LogP contribution is -2.53.